The van der Waals surface area contributed by atoms with Crippen molar-refractivity contribution in [2.45, 2.75) is 518 Å². The molecule has 1 aromatic heterocycles. The second kappa shape index (κ2) is 64.9. The maximum Gasteiger partial charge on any atom is 0.189 e. The zero-order valence-corrected chi connectivity index (χ0v) is 63.9. The summed E-state index contributed by atoms with van der Waals surface area (Å²) < 4.78 is 3.23. The molecule has 0 bridgehead atoms. The van der Waals surface area contributed by atoms with Crippen molar-refractivity contribution in [1.82, 2.24) is 0 Å². The first-order valence-corrected chi connectivity index (χ1v) is 43.1. The van der Waals surface area contributed by atoms with E-state index in [-0.39, 0.29) is 0 Å². The highest BCUT2D eigenvalue weighted by Crippen LogP contribution is 2.41. The minimum Gasteiger partial charge on any atom is -0.199 e. The molecule has 0 aliphatic carbocycles. The molecule has 0 aliphatic heterocycles. The third-order valence-electron chi connectivity index (χ3n) is 21.7. The highest BCUT2D eigenvalue weighted by molar-refractivity contribution is 5.95. The van der Waals surface area contributed by atoms with E-state index < -0.39 is 0 Å². The summed E-state index contributed by atoms with van der Waals surface area (Å²) in [5, 5.41) is 3.82. The van der Waals surface area contributed by atoms with Crippen LogP contribution in [0.3, 0.4) is 0 Å². The van der Waals surface area contributed by atoms with Crippen molar-refractivity contribution < 1.29 is 4.57 Å². The summed E-state index contributed by atoms with van der Waals surface area (Å²) in [6.45, 7) is 20.4. The van der Waals surface area contributed by atoms with E-state index >= 15 is 0 Å². The van der Waals surface area contributed by atoms with Gasteiger partial charge in [0.25, 0.3) is 0 Å². The molecule has 1 aromatic carbocycles. The van der Waals surface area contributed by atoms with Crippen LogP contribution in [-0.4, -0.2) is 0 Å². The Kier molecular flexibility index (Phi) is 61.1. The van der Waals surface area contributed by atoms with Gasteiger partial charge >= 0.3 is 0 Å². The summed E-state index contributed by atoms with van der Waals surface area (Å²) >= 11 is 0. The van der Waals surface area contributed by atoms with Gasteiger partial charge in [-0.25, -0.2) is 0 Å². The van der Waals surface area contributed by atoms with Crippen molar-refractivity contribution in [3.63, 3.8) is 0 Å². The Hall–Kier alpha value is -1.37. The van der Waals surface area contributed by atoms with Crippen molar-refractivity contribution in [2.75, 3.05) is 0 Å². The number of pyridine rings is 1. The molecule has 2 rings (SSSR count). The number of nitrogens with zero attached hydrogens (tertiary/aromatic N) is 1. The van der Waals surface area contributed by atoms with Gasteiger partial charge in [0.2, 0.25) is 0 Å². The normalized spacial score (nSPS) is 11.9. The number of hydrogen-bond acceptors (Lipinski definition) is 0. The molecular weight excluding hydrogens is 1080 g/mol. The van der Waals surface area contributed by atoms with Crippen molar-refractivity contribution in [1.29, 1.82) is 0 Å². The quantitative estimate of drug-likeness (QED) is 0.0459. The number of rotatable bonds is 72. The first-order chi connectivity index (χ1) is 44.6. The Labute approximate surface area is 569 Å². The van der Waals surface area contributed by atoms with Crippen LogP contribution >= 0.6 is 0 Å². The first kappa shape index (κ1) is 84.7. The lowest BCUT2D eigenvalue weighted by Gasteiger charge is -2.28. The first-order valence-electron chi connectivity index (χ1n) is 43.1. The predicted molar refractivity (Wildman–Crippen MR) is 411 cm³/mol. The summed E-state index contributed by atoms with van der Waals surface area (Å²) in [6.07, 6.45) is 100. The number of hydrogen-bond donors (Lipinski definition) is 0. The zero-order valence-electron chi connectivity index (χ0n) is 63.9. The average Bonchev–Trinajstić information content (AvgIpc) is 0.727. The summed E-state index contributed by atoms with van der Waals surface area (Å²) in [7, 11) is 0. The molecule has 0 amide bonds. The molecule has 0 spiro atoms. The highest BCUT2D eigenvalue weighted by atomic mass is 15.0. The minimum absolute atomic E-state index is 1.27. The zero-order chi connectivity index (χ0) is 64.7. The number of benzene rings is 1. The molecule has 1 heterocycles. The number of fused-ring (bicyclic) bond motifs is 1. The lowest BCUT2D eigenvalue weighted by molar-refractivity contribution is -0.710. The van der Waals surface area contributed by atoms with Crippen molar-refractivity contribution in [3.05, 3.63) is 39.2 Å². The molecule has 528 valence electrons. The van der Waals surface area contributed by atoms with Gasteiger partial charge in [0, 0.05) is 30.2 Å². The van der Waals surface area contributed by atoms with Gasteiger partial charge in [0.05, 0.1) is 5.39 Å². The molecule has 0 saturated heterocycles. The Morgan fingerprint density at radius 1 is 0.144 bits per heavy atom. The smallest absolute Gasteiger partial charge is 0.189 e. The van der Waals surface area contributed by atoms with Gasteiger partial charge < -0.3 is 0 Å². The Balaban J connectivity index is 3.26. The van der Waals surface area contributed by atoms with E-state index in [1.807, 2.05) is 50.0 Å². The van der Waals surface area contributed by atoms with Gasteiger partial charge in [-0.3, -0.25) is 0 Å². The van der Waals surface area contributed by atoms with Gasteiger partial charge in [-0.05, 0) is 106 Å². The lowest BCUT2D eigenvalue weighted by atomic mass is 9.78. The topological polar surface area (TPSA) is 3.88 Å². The van der Waals surface area contributed by atoms with E-state index in [1.165, 1.54) is 462 Å². The highest BCUT2D eigenvalue weighted by Gasteiger charge is 2.32. The molecule has 0 radical (unpaired) electrons. The van der Waals surface area contributed by atoms with Crippen LogP contribution in [0.1, 0.15) is 506 Å². The molecular formula is C89H168N+. The molecule has 2 aromatic rings. The van der Waals surface area contributed by atoms with Crippen LogP contribution in [0.25, 0.3) is 10.8 Å². The number of aromatic nitrogens is 1. The van der Waals surface area contributed by atoms with Crippen LogP contribution in [0.4, 0.5) is 0 Å². The molecule has 1 heteroatoms. The standard InChI is InChI=1S/C89H168N/c1-9-17-25-33-41-49-57-65-73-81-82(74-66-58-50-42-34-26-18-10-2)84(76-68-60-52-44-36-28-20-12-4)89-87(79-71-63-55-47-39-31-23-15-7)90(80-72-64-56-48-40-32-24-16-8)86(78-70-62-54-46-38-30-22-14-6)85(77-69-61-53-45-37-29-21-13-5)88(89)83(81)75-67-59-51-43-35-27-19-11-3/h9-80H2,1-8H3/q+1. The summed E-state index contributed by atoms with van der Waals surface area (Å²) in [5.41, 5.74) is 13.4. The maximum absolute atomic E-state index is 3.23. The second-order valence-corrected chi connectivity index (χ2v) is 30.2. The van der Waals surface area contributed by atoms with E-state index in [0.717, 1.165) is 0 Å². The van der Waals surface area contributed by atoms with Crippen molar-refractivity contribution >= 4 is 10.8 Å². The molecule has 0 atom stereocenters. The van der Waals surface area contributed by atoms with Crippen molar-refractivity contribution in [2.24, 2.45) is 0 Å². The van der Waals surface area contributed by atoms with Gasteiger partial charge in [0.15, 0.2) is 11.4 Å². The van der Waals surface area contributed by atoms with Crippen LogP contribution in [-0.2, 0) is 51.5 Å². The number of aryl methyl sites for hydroxylation is 4. The van der Waals surface area contributed by atoms with Gasteiger partial charge in [0.1, 0.15) is 6.54 Å². The molecule has 1 nitrogen and oxygen atoms in total. The molecule has 0 unspecified atom stereocenters. The van der Waals surface area contributed by atoms with E-state index in [9.17, 15) is 0 Å². The largest absolute Gasteiger partial charge is 0.199 e. The SMILES string of the molecule is CCCCCCCCCCc1c(CCCCCCCCCC)c(CCCCCCCCCC)c2c(CCCCCCCCCC)[n+](CCCCCCCCCC)c(CCCCCCCCCC)c(CCCCCCCCCC)c2c1CCCCCCCCCC. The minimum atomic E-state index is 1.27. The van der Waals surface area contributed by atoms with Crippen LogP contribution in [0.15, 0.2) is 0 Å². The predicted octanol–water partition coefficient (Wildman–Crippen LogP) is 31.1. The number of unbranched alkanes of at least 4 members (excludes halogenated alkanes) is 56. The van der Waals surface area contributed by atoms with E-state index in [0.29, 0.717) is 0 Å². The van der Waals surface area contributed by atoms with Crippen LogP contribution in [0.2, 0.25) is 0 Å². The van der Waals surface area contributed by atoms with E-state index in [2.05, 4.69) is 60.0 Å². The third kappa shape index (κ3) is 42.2. The molecule has 0 aliphatic rings. The Morgan fingerprint density at radius 3 is 0.578 bits per heavy atom. The fourth-order valence-corrected chi connectivity index (χ4v) is 15.9. The second-order valence-electron chi connectivity index (χ2n) is 30.2. The average molecular weight is 1250 g/mol. The third-order valence-corrected chi connectivity index (χ3v) is 21.7. The van der Waals surface area contributed by atoms with Gasteiger partial charge in [-0.1, -0.05) is 409 Å². The summed E-state index contributed by atoms with van der Waals surface area (Å²) in [4.78, 5) is 0. The van der Waals surface area contributed by atoms with Crippen LogP contribution in [0, 0.1) is 0 Å². The lowest BCUT2D eigenvalue weighted by Crippen LogP contribution is -2.45. The monoisotopic (exact) mass is 1250 g/mol. The Bertz CT molecular complexity index is 1560. The molecule has 90 heavy (non-hydrogen) atoms. The van der Waals surface area contributed by atoms with Crippen LogP contribution in [0.5, 0.6) is 0 Å². The molecule has 0 N–H and O–H groups in total. The summed E-state index contributed by atoms with van der Waals surface area (Å²) in [6, 6.07) is 0. The van der Waals surface area contributed by atoms with Crippen molar-refractivity contribution in [3.8, 4) is 0 Å². The fraction of sp³-hybridized carbons (Fsp3) is 0.899. The van der Waals surface area contributed by atoms with E-state index in [1.54, 1.807) is 0 Å². The molecule has 0 fully saturated rings. The summed E-state index contributed by atoms with van der Waals surface area (Å²) in [5.74, 6) is 0. The fourth-order valence-electron chi connectivity index (χ4n) is 15.9. The maximum atomic E-state index is 3.23. The van der Waals surface area contributed by atoms with Gasteiger partial charge in [-0.15, -0.1) is 0 Å². The Morgan fingerprint density at radius 2 is 0.322 bits per heavy atom. The van der Waals surface area contributed by atoms with Gasteiger partial charge in [-0.2, -0.15) is 4.57 Å². The molecule has 0 saturated carbocycles. The van der Waals surface area contributed by atoms with Crippen LogP contribution < -0.4 is 4.57 Å². The van der Waals surface area contributed by atoms with E-state index in [4.69, 9.17) is 0 Å².